The third kappa shape index (κ3) is 6.49. The van der Waals surface area contributed by atoms with Gasteiger partial charge in [0.25, 0.3) is 0 Å². The largest absolute Gasteiger partial charge is 0.493 e. The molecule has 1 unspecified atom stereocenters. The molecule has 0 saturated heterocycles. The van der Waals surface area contributed by atoms with Crippen LogP contribution in [-0.2, 0) is 11.2 Å². The fraction of sp³-hybridized carbons (Fsp3) is 0.381. The zero-order valence-corrected chi connectivity index (χ0v) is 16.0. The van der Waals surface area contributed by atoms with Gasteiger partial charge in [0.05, 0.1) is 14.2 Å². The Bertz CT molecular complexity index is 747. The summed E-state index contributed by atoms with van der Waals surface area (Å²) in [7, 11) is 3.16. The van der Waals surface area contributed by atoms with E-state index in [4.69, 9.17) is 14.2 Å². The topological polar surface area (TPSA) is 77.0 Å². The fourth-order valence-electron chi connectivity index (χ4n) is 2.58. The van der Waals surface area contributed by atoms with Crippen molar-refractivity contribution in [3.05, 3.63) is 53.6 Å². The maximum atomic E-state index is 12.0. The minimum absolute atomic E-state index is 0.125. The van der Waals surface area contributed by atoms with Crippen LogP contribution in [0.1, 0.15) is 17.5 Å². The van der Waals surface area contributed by atoms with Crippen molar-refractivity contribution in [2.24, 2.45) is 0 Å². The monoisotopic (exact) mass is 373 g/mol. The summed E-state index contributed by atoms with van der Waals surface area (Å²) < 4.78 is 16.0. The van der Waals surface area contributed by atoms with Crippen molar-refractivity contribution >= 4 is 5.91 Å². The van der Waals surface area contributed by atoms with Gasteiger partial charge in [-0.1, -0.05) is 24.3 Å². The first-order valence-electron chi connectivity index (χ1n) is 8.87. The number of amides is 1. The number of ether oxygens (including phenoxy) is 3. The minimum atomic E-state index is -0.769. The molecule has 27 heavy (non-hydrogen) atoms. The quantitative estimate of drug-likeness (QED) is 0.669. The van der Waals surface area contributed by atoms with Crippen molar-refractivity contribution in [3.63, 3.8) is 0 Å². The SMILES string of the molecule is COc1ccc(CCC(=O)NCC(O)COc2ccccc2C)cc1OC. The van der Waals surface area contributed by atoms with Gasteiger partial charge in [-0.3, -0.25) is 4.79 Å². The van der Waals surface area contributed by atoms with E-state index >= 15 is 0 Å². The lowest BCUT2D eigenvalue weighted by Gasteiger charge is -2.14. The normalized spacial score (nSPS) is 11.6. The van der Waals surface area contributed by atoms with Gasteiger partial charge >= 0.3 is 0 Å². The van der Waals surface area contributed by atoms with Crippen molar-refractivity contribution in [2.75, 3.05) is 27.4 Å². The maximum absolute atomic E-state index is 12.0. The van der Waals surface area contributed by atoms with Gasteiger partial charge < -0.3 is 24.6 Å². The van der Waals surface area contributed by atoms with Crippen LogP contribution in [-0.4, -0.2) is 44.5 Å². The molecule has 0 aliphatic carbocycles. The Hall–Kier alpha value is -2.73. The predicted octanol–water partition coefficient (Wildman–Crippen LogP) is 2.50. The first kappa shape index (κ1) is 20.6. The Morgan fingerprint density at radius 1 is 1.07 bits per heavy atom. The molecule has 0 radical (unpaired) electrons. The zero-order chi connectivity index (χ0) is 19.6. The molecule has 2 rings (SSSR count). The van der Waals surface area contributed by atoms with E-state index in [9.17, 15) is 9.90 Å². The average molecular weight is 373 g/mol. The van der Waals surface area contributed by atoms with Crippen LogP contribution in [0.4, 0.5) is 0 Å². The standard InChI is InChI=1S/C21H27NO5/c1-15-6-4-5-7-18(15)27-14-17(23)13-22-21(24)11-9-16-8-10-19(25-2)20(12-16)26-3/h4-8,10,12,17,23H,9,11,13-14H2,1-3H3,(H,22,24). The number of hydrogen-bond acceptors (Lipinski definition) is 5. The first-order valence-corrected chi connectivity index (χ1v) is 8.87. The van der Waals surface area contributed by atoms with E-state index in [0.29, 0.717) is 24.3 Å². The van der Waals surface area contributed by atoms with E-state index in [-0.39, 0.29) is 19.1 Å². The molecule has 0 fully saturated rings. The maximum Gasteiger partial charge on any atom is 0.220 e. The molecule has 6 nitrogen and oxygen atoms in total. The average Bonchev–Trinajstić information content (AvgIpc) is 2.69. The van der Waals surface area contributed by atoms with Crippen molar-refractivity contribution in [3.8, 4) is 17.2 Å². The molecule has 0 bridgehead atoms. The van der Waals surface area contributed by atoms with Gasteiger partial charge in [0.2, 0.25) is 5.91 Å². The molecule has 0 aromatic heterocycles. The number of aryl methyl sites for hydroxylation is 2. The summed E-state index contributed by atoms with van der Waals surface area (Å²) in [6, 6.07) is 13.2. The molecule has 0 saturated carbocycles. The Kier molecular flexibility index (Phi) is 7.95. The molecule has 1 amide bonds. The highest BCUT2D eigenvalue weighted by atomic mass is 16.5. The molecular formula is C21H27NO5. The minimum Gasteiger partial charge on any atom is -0.493 e. The number of carbonyl (C=O) groups is 1. The van der Waals surface area contributed by atoms with E-state index in [1.807, 2.05) is 49.4 Å². The van der Waals surface area contributed by atoms with E-state index in [1.165, 1.54) is 0 Å². The van der Waals surface area contributed by atoms with Gasteiger partial charge in [-0.15, -0.1) is 0 Å². The fourth-order valence-corrected chi connectivity index (χ4v) is 2.58. The van der Waals surface area contributed by atoms with Crippen LogP contribution in [0.3, 0.4) is 0 Å². The van der Waals surface area contributed by atoms with Crippen LogP contribution in [0.25, 0.3) is 0 Å². The van der Waals surface area contributed by atoms with Crippen LogP contribution >= 0.6 is 0 Å². The molecule has 2 N–H and O–H groups in total. The number of para-hydroxylation sites is 1. The Morgan fingerprint density at radius 2 is 1.81 bits per heavy atom. The van der Waals surface area contributed by atoms with Gasteiger partial charge in [0.1, 0.15) is 18.5 Å². The molecule has 6 heteroatoms. The summed E-state index contributed by atoms with van der Waals surface area (Å²) in [5.41, 5.74) is 1.98. The summed E-state index contributed by atoms with van der Waals surface area (Å²) in [6.45, 7) is 2.22. The zero-order valence-electron chi connectivity index (χ0n) is 16.0. The summed E-state index contributed by atoms with van der Waals surface area (Å²) in [6.07, 6.45) is 0.123. The molecule has 0 aliphatic heterocycles. The van der Waals surface area contributed by atoms with E-state index < -0.39 is 6.10 Å². The predicted molar refractivity (Wildman–Crippen MR) is 104 cm³/mol. The first-order chi connectivity index (χ1) is 13.0. The third-order valence-corrected chi connectivity index (χ3v) is 4.15. The summed E-state index contributed by atoms with van der Waals surface area (Å²) in [5.74, 6) is 1.90. The van der Waals surface area contributed by atoms with Crippen LogP contribution in [0.15, 0.2) is 42.5 Å². The lowest BCUT2D eigenvalue weighted by molar-refractivity contribution is -0.121. The van der Waals surface area contributed by atoms with Crippen molar-refractivity contribution in [2.45, 2.75) is 25.9 Å². The summed E-state index contributed by atoms with van der Waals surface area (Å²) >= 11 is 0. The second-order valence-electron chi connectivity index (χ2n) is 6.22. The third-order valence-electron chi connectivity index (χ3n) is 4.15. The van der Waals surface area contributed by atoms with Crippen molar-refractivity contribution in [1.82, 2.24) is 5.32 Å². The highest BCUT2D eigenvalue weighted by Gasteiger charge is 2.10. The molecular weight excluding hydrogens is 346 g/mol. The van der Waals surface area contributed by atoms with Crippen molar-refractivity contribution in [1.29, 1.82) is 0 Å². The van der Waals surface area contributed by atoms with Crippen LogP contribution in [0, 0.1) is 6.92 Å². The van der Waals surface area contributed by atoms with E-state index in [0.717, 1.165) is 16.9 Å². The number of benzene rings is 2. The Morgan fingerprint density at radius 3 is 2.52 bits per heavy atom. The Balaban J connectivity index is 1.72. The number of rotatable bonds is 10. The number of methoxy groups -OCH3 is 2. The van der Waals surface area contributed by atoms with Crippen LogP contribution in [0.5, 0.6) is 17.2 Å². The molecule has 0 spiro atoms. The van der Waals surface area contributed by atoms with Crippen molar-refractivity contribution < 1.29 is 24.1 Å². The summed E-state index contributed by atoms with van der Waals surface area (Å²) in [5, 5.41) is 12.7. The van der Waals surface area contributed by atoms with E-state index in [2.05, 4.69) is 5.32 Å². The Labute approximate surface area is 160 Å². The van der Waals surface area contributed by atoms with Gasteiger partial charge in [-0.2, -0.15) is 0 Å². The van der Waals surface area contributed by atoms with Gasteiger partial charge in [-0.05, 0) is 42.7 Å². The van der Waals surface area contributed by atoms with E-state index in [1.54, 1.807) is 14.2 Å². The molecule has 2 aromatic rings. The van der Waals surface area contributed by atoms with Gasteiger partial charge in [0.15, 0.2) is 11.5 Å². The molecule has 146 valence electrons. The molecule has 0 aliphatic rings. The lowest BCUT2D eigenvalue weighted by atomic mass is 10.1. The number of hydrogen-bond donors (Lipinski definition) is 2. The van der Waals surface area contributed by atoms with Crippen LogP contribution in [0.2, 0.25) is 0 Å². The van der Waals surface area contributed by atoms with Gasteiger partial charge in [-0.25, -0.2) is 0 Å². The highest BCUT2D eigenvalue weighted by Crippen LogP contribution is 2.27. The second-order valence-corrected chi connectivity index (χ2v) is 6.22. The second kappa shape index (κ2) is 10.4. The van der Waals surface area contributed by atoms with Gasteiger partial charge in [0, 0.05) is 13.0 Å². The van der Waals surface area contributed by atoms with Crippen LogP contribution < -0.4 is 19.5 Å². The smallest absolute Gasteiger partial charge is 0.220 e. The lowest BCUT2D eigenvalue weighted by Crippen LogP contribution is -2.35. The number of nitrogens with one attached hydrogen (secondary N) is 1. The molecule has 2 aromatic carbocycles. The number of aliphatic hydroxyl groups is 1. The summed E-state index contributed by atoms with van der Waals surface area (Å²) in [4.78, 5) is 12.0. The molecule has 0 heterocycles. The highest BCUT2D eigenvalue weighted by molar-refractivity contribution is 5.76. The molecule has 1 atom stereocenters. The number of carbonyl (C=O) groups excluding carboxylic acids is 1. The number of aliphatic hydroxyl groups excluding tert-OH is 1.